The molecule has 1 heterocycles. The Balaban J connectivity index is 1.98. The zero-order valence-electron chi connectivity index (χ0n) is 9.87. The van der Waals surface area contributed by atoms with Crippen LogP contribution in [0, 0.1) is 0 Å². The summed E-state index contributed by atoms with van der Waals surface area (Å²) in [5, 5.41) is 5.65. The lowest BCUT2D eigenvalue weighted by Crippen LogP contribution is -2.33. The SMILES string of the molecule is NCC(C(=O)NCc1nccs1)c1ccccc1. The molecular weight excluding hydrogens is 246 g/mol. The molecule has 1 aromatic heterocycles. The molecule has 4 nitrogen and oxygen atoms in total. The molecule has 3 N–H and O–H groups in total. The molecule has 0 saturated carbocycles. The first-order valence-electron chi connectivity index (χ1n) is 5.72. The van der Waals surface area contributed by atoms with Crippen molar-refractivity contribution in [3.05, 3.63) is 52.5 Å². The second-order valence-electron chi connectivity index (χ2n) is 3.84. The molecule has 2 aromatic rings. The third-order valence-corrected chi connectivity index (χ3v) is 3.43. The number of hydrogen-bond donors (Lipinski definition) is 2. The van der Waals surface area contributed by atoms with Gasteiger partial charge in [-0.1, -0.05) is 30.3 Å². The van der Waals surface area contributed by atoms with Crippen LogP contribution in [0.2, 0.25) is 0 Å². The van der Waals surface area contributed by atoms with Crippen molar-refractivity contribution < 1.29 is 4.79 Å². The van der Waals surface area contributed by atoms with Gasteiger partial charge in [-0.2, -0.15) is 0 Å². The molecule has 0 aliphatic heterocycles. The zero-order valence-corrected chi connectivity index (χ0v) is 10.7. The number of amides is 1. The molecule has 94 valence electrons. The predicted molar refractivity (Wildman–Crippen MR) is 72.2 cm³/mol. The Morgan fingerprint density at radius 1 is 1.39 bits per heavy atom. The van der Waals surface area contributed by atoms with Crippen LogP contribution < -0.4 is 11.1 Å². The lowest BCUT2D eigenvalue weighted by molar-refractivity contribution is -0.122. The van der Waals surface area contributed by atoms with Crippen LogP contribution in [0.1, 0.15) is 16.5 Å². The number of aromatic nitrogens is 1. The van der Waals surface area contributed by atoms with Crippen LogP contribution in [-0.4, -0.2) is 17.4 Å². The van der Waals surface area contributed by atoms with Crippen LogP contribution in [0.25, 0.3) is 0 Å². The molecule has 0 aliphatic rings. The Hall–Kier alpha value is -1.72. The number of carbonyl (C=O) groups excluding carboxylic acids is 1. The molecule has 0 aliphatic carbocycles. The average molecular weight is 261 g/mol. The largest absolute Gasteiger partial charge is 0.349 e. The van der Waals surface area contributed by atoms with Crippen molar-refractivity contribution >= 4 is 17.2 Å². The Morgan fingerprint density at radius 3 is 2.78 bits per heavy atom. The number of nitrogens with one attached hydrogen (secondary N) is 1. The van der Waals surface area contributed by atoms with Crippen molar-refractivity contribution in [3.63, 3.8) is 0 Å². The number of thiazole rings is 1. The Kier molecular flexibility index (Phi) is 4.44. The summed E-state index contributed by atoms with van der Waals surface area (Å²) < 4.78 is 0. The second-order valence-corrected chi connectivity index (χ2v) is 4.82. The minimum Gasteiger partial charge on any atom is -0.349 e. The van der Waals surface area contributed by atoms with Crippen LogP contribution >= 0.6 is 11.3 Å². The molecule has 1 unspecified atom stereocenters. The van der Waals surface area contributed by atoms with Crippen molar-refractivity contribution in [1.82, 2.24) is 10.3 Å². The molecule has 0 radical (unpaired) electrons. The Labute approximate surface area is 110 Å². The molecule has 0 fully saturated rings. The van der Waals surface area contributed by atoms with Gasteiger partial charge in [-0.25, -0.2) is 4.98 Å². The Morgan fingerprint density at radius 2 is 2.17 bits per heavy atom. The maximum Gasteiger partial charge on any atom is 0.229 e. The first-order valence-corrected chi connectivity index (χ1v) is 6.60. The van der Waals surface area contributed by atoms with Crippen molar-refractivity contribution in [2.45, 2.75) is 12.5 Å². The number of benzene rings is 1. The maximum absolute atomic E-state index is 12.1. The van der Waals surface area contributed by atoms with Gasteiger partial charge in [-0.3, -0.25) is 4.79 Å². The van der Waals surface area contributed by atoms with Crippen LogP contribution in [0.5, 0.6) is 0 Å². The topological polar surface area (TPSA) is 68.0 Å². The van der Waals surface area contributed by atoms with Gasteiger partial charge in [0.2, 0.25) is 5.91 Å². The number of rotatable bonds is 5. The monoisotopic (exact) mass is 261 g/mol. The van der Waals surface area contributed by atoms with E-state index in [1.54, 1.807) is 6.20 Å². The van der Waals surface area contributed by atoms with E-state index in [0.29, 0.717) is 13.1 Å². The van der Waals surface area contributed by atoms with Gasteiger partial charge in [0.25, 0.3) is 0 Å². The van der Waals surface area contributed by atoms with Crippen molar-refractivity contribution in [2.24, 2.45) is 5.73 Å². The highest BCUT2D eigenvalue weighted by Gasteiger charge is 2.18. The lowest BCUT2D eigenvalue weighted by atomic mass is 9.98. The van der Waals surface area contributed by atoms with Crippen molar-refractivity contribution in [2.75, 3.05) is 6.54 Å². The van der Waals surface area contributed by atoms with Gasteiger partial charge in [0, 0.05) is 18.1 Å². The van der Waals surface area contributed by atoms with Crippen LogP contribution in [0.3, 0.4) is 0 Å². The van der Waals surface area contributed by atoms with E-state index in [-0.39, 0.29) is 11.8 Å². The highest BCUT2D eigenvalue weighted by atomic mass is 32.1. The van der Waals surface area contributed by atoms with E-state index in [1.165, 1.54) is 11.3 Å². The van der Waals surface area contributed by atoms with E-state index in [0.717, 1.165) is 10.6 Å². The zero-order chi connectivity index (χ0) is 12.8. The van der Waals surface area contributed by atoms with Crippen molar-refractivity contribution in [1.29, 1.82) is 0 Å². The van der Waals surface area contributed by atoms with Gasteiger partial charge in [-0.05, 0) is 5.56 Å². The summed E-state index contributed by atoms with van der Waals surface area (Å²) in [6.45, 7) is 0.757. The Bertz CT molecular complexity index is 484. The molecule has 5 heteroatoms. The molecule has 1 atom stereocenters. The van der Waals surface area contributed by atoms with E-state index in [1.807, 2.05) is 35.7 Å². The fraction of sp³-hybridized carbons (Fsp3) is 0.231. The quantitative estimate of drug-likeness (QED) is 0.857. The summed E-state index contributed by atoms with van der Waals surface area (Å²) in [4.78, 5) is 16.2. The van der Waals surface area contributed by atoms with Gasteiger partial charge in [0.15, 0.2) is 0 Å². The third kappa shape index (κ3) is 3.15. The molecule has 1 aromatic carbocycles. The summed E-state index contributed by atoms with van der Waals surface area (Å²) in [5.41, 5.74) is 6.62. The molecule has 18 heavy (non-hydrogen) atoms. The van der Waals surface area contributed by atoms with Crippen molar-refractivity contribution in [3.8, 4) is 0 Å². The predicted octanol–water partition coefficient (Wildman–Crippen LogP) is 1.50. The van der Waals surface area contributed by atoms with E-state index in [2.05, 4.69) is 10.3 Å². The van der Waals surface area contributed by atoms with Gasteiger partial charge in [-0.15, -0.1) is 11.3 Å². The van der Waals surface area contributed by atoms with E-state index < -0.39 is 0 Å². The minimum atomic E-state index is -0.300. The average Bonchev–Trinajstić information content (AvgIpc) is 2.92. The van der Waals surface area contributed by atoms with Gasteiger partial charge in [0.1, 0.15) is 5.01 Å². The molecule has 1 amide bonds. The van der Waals surface area contributed by atoms with E-state index in [9.17, 15) is 4.79 Å². The summed E-state index contributed by atoms with van der Waals surface area (Å²) in [6, 6.07) is 9.57. The summed E-state index contributed by atoms with van der Waals surface area (Å²) in [7, 11) is 0. The molecular formula is C13H15N3OS. The smallest absolute Gasteiger partial charge is 0.229 e. The molecule has 0 bridgehead atoms. The fourth-order valence-electron chi connectivity index (χ4n) is 1.71. The normalized spacial score (nSPS) is 12.1. The molecule has 0 spiro atoms. The summed E-state index contributed by atoms with van der Waals surface area (Å²) in [5.74, 6) is -0.356. The van der Waals surface area contributed by atoms with Gasteiger partial charge >= 0.3 is 0 Å². The number of nitrogens with two attached hydrogens (primary N) is 1. The molecule has 2 rings (SSSR count). The first kappa shape index (κ1) is 12.7. The number of hydrogen-bond acceptors (Lipinski definition) is 4. The standard InChI is InChI=1S/C13H15N3OS/c14-8-11(10-4-2-1-3-5-10)13(17)16-9-12-15-6-7-18-12/h1-7,11H,8-9,14H2,(H,16,17). The van der Waals surface area contributed by atoms with Crippen LogP contribution in [0.15, 0.2) is 41.9 Å². The fourth-order valence-corrected chi connectivity index (χ4v) is 2.26. The first-order chi connectivity index (χ1) is 8.81. The molecule has 0 saturated heterocycles. The van der Waals surface area contributed by atoms with Gasteiger partial charge in [0.05, 0.1) is 12.5 Å². The van der Waals surface area contributed by atoms with E-state index >= 15 is 0 Å². The maximum atomic E-state index is 12.1. The van der Waals surface area contributed by atoms with E-state index in [4.69, 9.17) is 5.73 Å². The van der Waals surface area contributed by atoms with Crippen LogP contribution in [-0.2, 0) is 11.3 Å². The van der Waals surface area contributed by atoms with Crippen LogP contribution in [0.4, 0.5) is 0 Å². The lowest BCUT2D eigenvalue weighted by Gasteiger charge is -2.14. The second kappa shape index (κ2) is 6.28. The third-order valence-electron chi connectivity index (χ3n) is 2.65. The highest BCUT2D eigenvalue weighted by molar-refractivity contribution is 7.09. The number of nitrogens with zero attached hydrogens (tertiary/aromatic N) is 1. The summed E-state index contributed by atoms with van der Waals surface area (Å²) in [6.07, 6.45) is 1.73. The van der Waals surface area contributed by atoms with Gasteiger partial charge < -0.3 is 11.1 Å². The number of carbonyl (C=O) groups is 1. The summed E-state index contributed by atoms with van der Waals surface area (Å²) >= 11 is 1.52. The highest BCUT2D eigenvalue weighted by Crippen LogP contribution is 2.14. The minimum absolute atomic E-state index is 0.0566.